The van der Waals surface area contributed by atoms with Crippen LogP contribution in [0.15, 0.2) is 78.9 Å². The molecular formula is C30H35ClN2O5S. The van der Waals surface area contributed by atoms with E-state index in [-0.39, 0.29) is 12.5 Å². The molecule has 39 heavy (non-hydrogen) atoms. The maximum Gasteiger partial charge on any atom is 0.333 e. The number of nitrogens with zero attached hydrogens (tertiary/aromatic N) is 1. The molecule has 0 fully saturated rings. The topological polar surface area (TPSA) is 88.1 Å². The van der Waals surface area contributed by atoms with Gasteiger partial charge in [-0.1, -0.05) is 66.2 Å². The molecule has 9 heteroatoms. The molecule has 0 saturated heterocycles. The van der Waals surface area contributed by atoms with Crippen LogP contribution in [0.2, 0.25) is 5.02 Å². The number of rotatable bonds is 16. The second-order valence-electron chi connectivity index (χ2n) is 8.77. The molecular weight excluding hydrogens is 536 g/mol. The minimum Gasteiger partial charge on any atom is -0.492 e. The zero-order valence-electron chi connectivity index (χ0n) is 22.1. The summed E-state index contributed by atoms with van der Waals surface area (Å²) in [6.07, 6.45) is 0.242. The van der Waals surface area contributed by atoms with E-state index in [9.17, 15) is 14.7 Å². The summed E-state index contributed by atoms with van der Waals surface area (Å²) in [5, 5.41) is 12.7. The van der Waals surface area contributed by atoms with E-state index in [4.69, 9.17) is 21.1 Å². The second-order valence-corrected chi connectivity index (χ2v) is 10.3. The number of carbonyl (C=O) groups is 2. The number of thioether (sulfide) groups is 1. The van der Waals surface area contributed by atoms with Crippen molar-refractivity contribution < 1.29 is 24.2 Å². The van der Waals surface area contributed by atoms with Gasteiger partial charge in [-0.05, 0) is 54.5 Å². The number of amides is 2. The van der Waals surface area contributed by atoms with E-state index >= 15 is 0 Å². The number of hydrogen-bond acceptors (Lipinski definition) is 5. The molecule has 1 atom stereocenters. The Morgan fingerprint density at radius 3 is 2.38 bits per heavy atom. The third-order valence-corrected chi connectivity index (χ3v) is 7.29. The fraction of sp³-hybridized carbons (Fsp3) is 0.333. The number of nitrogens with one attached hydrogen (secondary N) is 1. The fourth-order valence-corrected chi connectivity index (χ4v) is 4.91. The number of hydrogen-bond donors (Lipinski definition) is 2. The van der Waals surface area contributed by atoms with E-state index < -0.39 is 12.1 Å². The molecule has 3 aromatic rings. The number of benzene rings is 3. The van der Waals surface area contributed by atoms with Crippen LogP contribution < -0.4 is 10.1 Å². The van der Waals surface area contributed by atoms with Crippen molar-refractivity contribution in [1.82, 2.24) is 4.90 Å². The molecule has 2 amide bonds. The van der Waals surface area contributed by atoms with Gasteiger partial charge in [0.25, 0.3) is 0 Å². The van der Waals surface area contributed by atoms with Crippen LogP contribution in [0.3, 0.4) is 0 Å². The van der Waals surface area contributed by atoms with Crippen molar-refractivity contribution in [2.75, 3.05) is 37.4 Å². The largest absolute Gasteiger partial charge is 0.492 e. The number of aliphatic carboxylic acids is 1. The van der Waals surface area contributed by atoms with Gasteiger partial charge in [-0.15, -0.1) is 0 Å². The molecule has 0 spiro atoms. The van der Waals surface area contributed by atoms with E-state index in [0.29, 0.717) is 42.8 Å². The van der Waals surface area contributed by atoms with Crippen LogP contribution >= 0.6 is 23.4 Å². The number of carboxylic acid groups (broad SMARTS) is 1. The van der Waals surface area contributed by atoms with Crippen LogP contribution in [0, 0.1) is 0 Å². The Morgan fingerprint density at radius 1 is 0.974 bits per heavy atom. The monoisotopic (exact) mass is 570 g/mol. The summed E-state index contributed by atoms with van der Waals surface area (Å²) in [4.78, 5) is 26.2. The highest BCUT2D eigenvalue weighted by atomic mass is 35.5. The minimum atomic E-state index is -0.981. The predicted molar refractivity (Wildman–Crippen MR) is 158 cm³/mol. The Labute approximate surface area is 239 Å². The molecule has 0 heterocycles. The van der Waals surface area contributed by atoms with Crippen LogP contribution in [0.1, 0.15) is 24.5 Å². The van der Waals surface area contributed by atoms with Crippen molar-refractivity contribution in [2.24, 2.45) is 0 Å². The molecule has 0 aliphatic rings. The van der Waals surface area contributed by atoms with Crippen LogP contribution in [-0.2, 0) is 21.7 Å². The van der Waals surface area contributed by atoms with Gasteiger partial charge in [0.1, 0.15) is 12.4 Å². The zero-order chi connectivity index (χ0) is 27.9. The van der Waals surface area contributed by atoms with Gasteiger partial charge in [0.05, 0.1) is 17.3 Å². The lowest BCUT2D eigenvalue weighted by molar-refractivity contribution is -0.149. The summed E-state index contributed by atoms with van der Waals surface area (Å²) in [5.41, 5.74) is 2.69. The number of anilines is 1. The molecule has 0 aliphatic carbocycles. The molecule has 0 aliphatic heterocycles. The Morgan fingerprint density at radius 2 is 1.69 bits per heavy atom. The third-order valence-electron chi connectivity index (χ3n) is 5.85. The van der Waals surface area contributed by atoms with Crippen molar-refractivity contribution in [3.8, 4) is 5.75 Å². The first-order valence-electron chi connectivity index (χ1n) is 12.9. The highest BCUT2D eigenvalue weighted by Gasteiger charge is 2.18. The zero-order valence-corrected chi connectivity index (χ0v) is 23.6. The molecule has 2 N–H and O–H groups in total. The van der Waals surface area contributed by atoms with Gasteiger partial charge in [-0.25, -0.2) is 9.59 Å². The van der Waals surface area contributed by atoms with Crippen LogP contribution in [0.5, 0.6) is 5.75 Å². The average molecular weight is 571 g/mol. The summed E-state index contributed by atoms with van der Waals surface area (Å²) < 4.78 is 11.2. The van der Waals surface area contributed by atoms with Gasteiger partial charge in [-0.2, -0.15) is 11.8 Å². The van der Waals surface area contributed by atoms with E-state index in [2.05, 4.69) is 17.4 Å². The lowest BCUT2D eigenvalue weighted by Gasteiger charge is -2.23. The quantitative estimate of drug-likeness (QED) is 0.188. The first kappa shape index (κ1) is 30.3. The predicted octanol–water partition coefficient (Wildman–Crippen LogP) is 6.61. The number of carbonyl (C=O) groups excluding carboxylic acids is 1. The lowest BCUT2D eigenvalue weighted by Crippen LogP contribution is -2.38. The molecule has 3 rings (SSSR count). The highest BCUT2D eigenvalue weighted by molar-refractivity contribution is 7.98. The van der Waals surface area contributed by atoms with Crippen molar-refractivity contribution >= 4 is 41.1 Å². The molecule has 0 bridgehead atoms. The standard InChI is InChI=1S/C30H35ClN2O5S/c1-2-37-28(29(34)35)21-23-13-15-25(16-14-23)38-19-18-33(30(36)32-27-12-7-6-11-26(27)31)17-8-20-39-22-24-9-4-3-5-10-24/h3-7,9-16,28H,2,8,17-22H2,1H3,(H,32,36)(H,34,35). The molecule has 208 valence electrons. The molecule has 0 radical (unpaired) electrons. The van der Waals surface area contributed by atoms with Gasteiger partial charge in [0, 0.05) is 25.3 Å². The Hall–Kier alpha value is -3.20. The van der Waals surface area contributed by atoms with E-state index in [1.165, 1.54) is 5.56 Å². The van der Waals surface area contributed by atoms with Gasteiger partial charge in [-0.3, -0.25) is 0 Å². The molecule has 0 aromatic heterocycles. The number of para-hydroxylation sites is 1. The summed E-state index contributed by atoms with van der Waals surface area (Å²) >= 11 is 8.08. The van der Waals surface area contributed by atoms with Gasteiger partial charge >= 0.3 is 12.0 Å². The van der Waals surface area contributed by atoms with Crippen molar-refractivity contribution in [3.05, 3.63) is 95.0 Å². The smallest absolute Gasteiger partial charge is 0.333 e. The van der Waals surface area contributed by atoms with Gasteiger partial charge in [0.15, 0.2) is 6.10 Å². The molecule has 0 saturated carbocycles. The lowest BCUT2D eigenvalue weighted by atomic mass is 10.1. The van der Waals surface area contributed by atoms with Crippen molar-refractivity contribution in [3.63, 3.8) is 0 Å². The van der Waals surface area contributed by atoms with E-state index in [1.54, 1.807) is 36.1 Å². The summed E-state index contributed by atoms with van der Waals surface area (Å²) in [5.74, 6) is 1.52. The van der Waals surface area contributed by atoms with Crippen molar-refractivity contribution in [2.45, 2.75) is 31.6 Å². The fourth-order valence-electron chi connectivity index (χ4n) is 3.82. The Bertz CT molecular complexity index is 1160. The van der Waals surface area contributed by atoms with Gasteiger partial charge in [0.2, 0.25) is 0 Å². The Balaban J connectivity index is 1.51. The summed E-state index contributed by atoms with van der Waals surface area (Å²) in [6, 6.07) is 24.5. The van der Waals surface area contributed by atoms with E-state index in [1.807, 2.05) is 54.2 Å². The summed E-state index contributed by atoms with van der Waals surface area (Å²) in [7, 11) is 0. The van der Waals surface area contributed by atoms with Crippen molar-refractivity contribution in [1.29, 1.82) is 0 Å². The number of carboxylic acids is 1. The van der Waals surface area contributed by atoms with E-state index in [0.717, 1.165) is 23.5 Å². The number of halogens is 1. The third kappa shape index (κ3) is 10.8. The molecule has 3 aromatic carbocycles. The first-order valence-corrected chi connectivity index (χ1v) is 14.5. The maximum atomic E-state index is 13.1. The SMILES string of the molecule is CCOC(Cc1ccc(OCCN(CCCSCc2ccccc2)C(=O)Nc2ccccc2Cl)cc1)C(=O)O. The average Bonchev–Trinajstić information content (AvgIpc) is 2.94. The number of ether oxygens (including phenoxy) is 2. The molecule has 7 nitrogen and oxygen atoms in total. The summed E-state index contributed by atoms with van der Waals surface area (Å²) in [6.45, 7) is 3.39. The normalized spacial score (nSPS) is 11.5. The van der Waals surface area contributed by atoms with Crippen LogP contribution in [0.4, 0.5) is 10.5 Å². The minimum absolute atomic E-state index is 0.231. The van der Waals surface area contributed by atoms with Crippen LogP contribution in [-0.4, -0.2) is 60.2 Å². The maximum absolute atomic E-state index is 13.1. The van der Waals surface area contributed by atoms with Gasteiger partial charge < -0.3 is 24.8 Å². The first-order chi connectivity index (χ1) is 19.0. The Kier molecular flexibility index (Phi) is 13.0. The highest BCUT2D eigenvalue weighted by Crippen LogP contribution is 2.21. The number of urea groups is 1. The second kappa shape index (κ2) is 16.7. The molecule has 1 unspecified atom stereocenters. The van der Waals surface area contributed by atoms with Crippen LogP contribution in [0.25, 0.3) is 0 Å².